The molecule has 0 fully saturated rings. The zero-order valence-corrected chi connectivity index (χ0v) is 10.1. The second-order valence-electron chi connectivity index (χ2n) is 2.93. The van der Waals surface area contributed by atoms with Crippen LogP contribution in [0.1, 0.15) is 12.0 Å². The zero-order chi connectivity index (χ0) is 10.4. The topological polar surface area (TPSA) is 17.1 Å². The lowest BCUT2D eigenvalue weighted by Gasteiger charge is -2.05. The van der Waals surface area contributed by atoms with Crippen LogP contribution in [0, 0.1) is 0 Å². The summed E-state index contributed by atoms with van der Waals surface area (Å²) in [5.74, 6) is 0. The van der Waals surface area contributed by atoms with E-state index in [0.29, 0.717) is 6.42 Å². The first-order chi connectivity index (χ1) is 6.80. The minimum absolute atomic E-state index is 0.617. The van der Waals surface area contributed by atoms with Gasteiger partial charge in [0.15, 0.2) is 0 Å². The Morgan fingerprint density at radius 3 is 2.14 bits per heavy atom. The Morgan fingerprint density at radius 1 is 1.14 bits per heavy atom. The van der Waals surface area contributed by atoms with E-state index in [0.717, 1.165) is 12.7 Å². The van der Waals surface area contributed by atoms with Crippen molar-refractivity contribution in [2.24, 2.45) is 0 Å². The van der Waals surface area contributed by atoms with Gasteiger partial charge in [0.1, 0.15) is 6.29 Å². The molecule has 1 aromatic carbocycles. The van der Waals surface area contributed by atoms with Crippen molar-refractivity contribution in [2.45, 2.75) is 22.6 Å². The molecule has 0 unspecified atom stereocenters. The van der Waals surface area contributed by atoms with E-state index in [1.807, 2.05) is 0 Å². The van der Waals surface area contributed by atoms with Gasteiger partial charge in [-0.3, -0.25) is 0 Å². The van der Waals surface area contributed by atoms with Gasteiger partial charge in [-0.05, 0) is 42.7 Å². The van der Waals surface area contributed by atoms with Crippen molar-refractivity contribution >= 4 is 29.8 Å². The summed E-state index contributed by atoms with van der Waals surface area (Å²) < 4.78 is 0. The number of aryl methyl sites for hydroxylation is 1. The largest absolute Gasteiger partial charge is 0.303 e. The van der Waals surface area contributed by atoms with Crippen LogP contribution in [0.4, 0.5) is 0 Å². The maximum Gasteiger partial charge on any atom is 0.120 e. The van der Waals surface area contributed by atoms with Crippen molar-refractivity contribution in [3.8, 4) is 0 Å². The fraction of sp³-hybridized carbons (Fsp3) is 0.364. The number of carbonyl (C=O) groups is 1. The average molecular weight is 226 g/mol. The molecule has 0 aliphatic heterocycles. The summed E-state index contributed by atoms with van der Waals surface area (Å²) in [5, 5.41) is 0. The molecule has 0 radical (unpaired) electrons. The predicted molar refractivity (Wildman–Crippen MR) is 64.4 cm³/mol. The molecule has 0 aliphatic rings. The molecule has 0 aromatic heterocycles. The van der Waals surface area contributed by atoms with Crippen LogP contribution in [0.3, 0.4) is 0 Å². The van der Waals surface area contributed by atoms with Gasteiger partial charge < -0.3 is 4.79 Å². The van der Waals surface area contributed by atoms with Crippen molar-refractivity contribution < 1.29 is 4.79 Å². The van der Waals surface area contributed by atoms with E-state index in [2.05, 4.69) is 30.7 Å². The van der Waals surface area contributed by atoms with Gasteiger partial charge in [0, 0.05) is 16.2 Å². The van der Waals surface area contributed by atoms with Gasteiger partial charge in [-0.25, -0.2) is 0 Å². The number of hydrogen-bond acceptors (Lipinski definition) is 3. The first-order valence-corrected chi connectivity index (χ1v) is 6.90. The van der Waals surface area contributed by atoms with Crippen LogP contribution in [0.15, 0.2) is 28.0 Å². The van der Waals surface area contributed by atoms with Crippen molar-refractivity contribution in [2.75, 3.05) is 12.5 Å². The maximum absolute atomic E-state index is 10.3. The lowest BCUT2D eigenvalue weighted by Crippen LogP contribution is -1.87. The lowest BCUT2D eigenvalue weighted by atomic mass is 10.1. The third-order valence-corrected chi connectivity index (χ3v) is 3.38. The third kappa shape index (κ3) is 3.39. The smallest absolute Gasteiger partial charge is 0.120 e. The number of benzene rings is 1. The summed E-state index contributed by atoms with van der Waals surface area (Å²) in [6.45, 7) is 0. The Hall–Kier alpha value is -0.410. The SMILES string of the molecule is CSc1cc(CCC=O)cc(SC)c1. The van der Waals surface area contributed by atoms with Crippen LogP contribution in [-0.2, 0) is 11.2 Å². The fourth-order valence-corrected chi connectivity index (χ4v) is 2.34. The highest BCUT2D eigenvalue weighted by molar-refractivity contribution is 7.99. The quantitative estimate of drug-likeness (QED) is 0.566. The molecule has 0 saturated carbocycles. The molecule has 0 spiro atoms. The van der Waals surface area contributed by atoms with E-state index in [1.165, 1.54) is 15.4 Å². The van der Waals surface area contributed by atoms with Crippen LogP contribution in [0.25, 0.3) is 0 Å². The molecule has 0 N–H and O–H groups in total. The molecular formula is C11H14OS2. The minimum Gasteiger partial charge on any atom is -0.303 e. The number of aldehydes is 1. The van der Waals surface area contributed by atoms with Crippen LogP contribution in [-0.4, -0.2) is 18.8 Å². The standard InChI is InChI=1S/C11H14OS2/c1-13-10-6-9(4-3-5-12)7-11(8-10)14-2/h5-8H,3-4H2,1-2H3. The molecule has 0 atom stereocenters. The first-order valence-electron chi connectivity index (χ1n) is 4.45. The van der Waals surface area contributed by atoms with Crippen molar-refractivity contribution in [3.63, 3.8) is 0 Å². The number of thioether (sulfide) groups is 2. The van der Waals surface area contributed by atoms with Gasteiger partial charge in [0.25, 0.3) is 0 Å². The minimum atomic E-state index is 0.617. The Morgan fingerprint density at radius 2 is 1.71 bits per heavy atom. The molecule has 14 heavy (non-hydrogen) atoms. The zero-order valence-electron chi connectivity index (χ0n) is 8.45. The molecule has 0 heterocycles. The predicted octanol–water partition coefficient (Wildman–Crippen LogP) is 3.26. The van der Waals surface area contributed by atoms with Gasteiger partial charge in [0.05, 0.1) is 0 Å². The highest BCUT2D eigenvalue weighted by atomic mass is 32.2. The molecule has 1 aromatic rings. The maximum atomic E-state index is 10.3. The molecule has 1 nitrogen and oxygen atoms in total. The van der Waals surface area contributed by atoms with Gasteiger partial charge >= 0.3 is 0 Å². The van der Waals surface area contributed by atoms with Crippen LogP contribution in [0.2, 0.25) is 0 Å². The van der Waals surface area contributed by atoms with Crippen molar-refractivity contribution in [1.29, 1.82) is 0 Å². The van der Waals surface area contributed by atoms with E-state index >= 15 is 0 Å². The molecule has 0 saturated heterocycles. The summed E-state index contributed by atoms with van der Waals surface area (Å²) in [5.41, 5.74) is 1.26. The van der Waals surface area contributed by atoms with E-state index < -0.39 is 0 Å². The number of carbonyl (C=O) groups excluding carboxylic acids is 1. The Balaban J connectivity index is 2.86. The summed E-state index contributed by atoms with van der Waals surface area (Å²) in [6.07, 6.45) is 6.59. The van der Waals surface area contributed by atoms with Crippen LogP contribution in [0.5, 0.6) is 0 Å². The molecule has 76 valence electrons. The molecule has 1 rings (SSSR count). The normalized spacial score (nSPS) is 10.1. The van der Waals surface area contributed by atoms with Gasteiger partial charge in [-0.2, -0.15) is 0 Å². The summed E-state index contributed by atoms with van der Waals surface area (Å²) in [6, 6.07) is 6.50. The molecule has 0 bridgehead atoms. The second kappa shape index (κ2) is 6.14. The summed E-state index contributed by atoms with van der Waals surface area (Å²) in [7, 11) is 0. The van der Waals surface area contributed by atoms with Crippen LogP contribution >= 0.6 is 23.5 Å². The Bertz CT molecular complexity index is 288. The van der Waals surface area contributed by atoms with E-state index in [1.54, 1.807) is 23.5 Å². The summed E-state index contributed by atoms with van der Waals surface area (Å²) in [4.78, 5) is 12.8. The number of rotatable bonds is 5. The monoisotopic (exact) mass is 226 g/mol. The molecule has 0 amide bonds. The molecule has 0 aliphatic carbocycles. The highest BCUT2D eigenvalue weighted by Crippen LogP contribution is 2.24. The van der Waals surface area contributed by atoms with Crippen LogP contribution < -0.4 is 0 Å². The highest BCUT2D eigenvalue weighted by Gasteiger charge is 1.99. The van der Waals surface area contributed by atoms with Gasteiger partial charge in [-0.1, -0.05) is 0 Å². The Kier molecular flexibility index (Phi) is 5.12. The van der Waals surface area contributed by atoms with Gasteiger partial charge in [-0.15, -0.1) is 23.5 Å². The summed E-state index contributed by atoms with van der Waals surface area (Å²) >= 11 is 3.49. The number of hydrogen-bond donors (Lipinski definition) is 0. The molecular weight excluding hydrogens is 212 g/mol. The third-order valence-electron chi connectivity index (χ3n) is 1.96. The van der Waals surface area contributed by atoms with Gasteiger partial charge in [0.2, 0.25) is 0 Å². The fourth-order valence-electron chi connectivity index (χ4n) is 1.24. The Labute approximate surface area is 93.7 Å². The van der Waals surface area contributed by atoms with Crippen molar-refractivity contribution in [3.05, 3.63) is 23.8 Å². The molecule has 3 heteroatoms. The average Bonchev–Trinajstić information content (AvgIpc) is 2.25. The second-order valence-corrected chi connectivity index (χ2v) is 4.69. The lowest BCUT2D eigenvalue weighted by molar-refractivity contribution is -0.107. The van der Waals surface area contributed by atoms with E-state index in [-0.39, 0.29) is 0 Å². The first kappa shape index (κ1) is 11.7. The van der Waals surface area contributed by atoms with Crippen molar-refractivity contribution in [1.82, 2.24) is 0 Å². The van der Waals surface area contributed by atoms with E-state index in [9.17, 15) is 4.79 Å². The van der Waals surface area contributed by atoms with E-state index in [4.69, 9.17) is 0 Å².